The van der Waals surface area contributed by atoms with E-state index in [9.17, 15) is 19.2 Å². The molecule has 12 heteroatoms. The summed E-state index contributed by atoms with van der Waals surface area (Å²) < 4.78 is 15.8. The summed E-state index contributed by atoms with van der Waals surface area (Å²) in [6, 6.07) is 18.4. The molecule has 0 radical (unpaired) electrons. The molecule has 0 atom stereocenters. The molecule has 1 saturated heterocycles. The first-order chi connectivity index (χ1) is 19.3. The number of rotatable bonds is 10. The van der Waals surface area contributed by atoms with Gasteiger partial charge in [0.1, 0.15) is 23.8 Å². The molecule has 4 rings (SSSR count). The molecular formula is C28H24ClN3O7S. The van der Waals surface area contributed by atoms with Crippen LogP contribution in [-0.2, 0) is 14.4 Å². The van der Waals surface area contributed by atoms with E-state index in [1.165, 1.54) is 20.3 Å². The quantitative estimate of drug-likeness (QED) is 0.319. The molecule has 1 heterocycles. The number of carbonyl (C=O) groups is 4. The van der Waals surface area contributed by atoms with E-state index < -0.39 is 23.6 Å². The molecule has 0 spiro atoms. The van der Waals surface area contributed by atoms with Gasteiger partial charge in [0.25, 0.3) is 17.1 Å². The van der Waals surface area contributed by atoms with Crippen molar-refractivity contribution in [3.05, 3.63) is 82.2 Å². The molecule has 2 N–H and O–H groups in total. The summed E-state index contributed by atoms with van der Waals surface area (Å²) in [5.41, 5.74) is 1.57. The minimum atomic E-state index is -0.578. The van der Waals surface area contributed by atoms with Crippen LogP contribution < -0.4 is 24.8 Å². The monoisotopic (exact) mass is 581 g/mol. The Hall–Kier alpha value is -4.48. The fourth-order valence-corrected chi connectivity index (χ4v) is 4.72. The number of methoxy groups -OCH3 is 2. The van der Waals surface area contributed by atoms with Crippen LogP contribution in [0.1, 0.15) is 5.56 Å². The van der Waals surface area contributed by atoms with Gasteiger partial charge in [-0.2, -0.15) is 0 Å². The Morgan fingerprint density at radius 1 is 0.925 bits per heavy atom. The molecule has 0 aromatic heterocycles. The summed E-state index contributed by atoms with van der Waals surface area (Å²) in [6.07, 6.45) is 1.55. The molecule has 1 aliphatic rings. The molecule has 0 unspecified atom stereocenters. The predicted molar refractivity (Wildman–Crippen MR) is 153 cm³/mol. The van der Waals surface area contributed by atoms with Gasteiger partial charge in [-0.15, -0.1) is 0 Å². The van der Waals surface area contributed by atoms with Gasteiger partial charge in [-0.1, -0.05) is 35.9 Å². The Bertz CT molecular complexity index is 1480. The van der Waals surface area contributed by atoms with Crippen molar-refractivity contribution in [1.82, 2.24) is 4.90 Å². The summed E-state index contributed by atoms with van der Waals surface area (Å²) in [4.78, 5) is 51.0. The van der Waals surface area contributed by atoms with E-state index in [4.69, 9.17) is 25.8 Å². The van der Waals surface area contributed by atoms with Crippen molar-refractivity contribution >= 4 is 63.8 Å². The van der Waals surface area contributed by atoms with Crippen molar-refractivity contribution in [2.24, 2.45) is 0 Å². The highest BCUT2D eigenvalue weighted by molar-refractivity contribution is 8.18. The topological polar surface area (TPSA) is 123 Å². The number of nitrogens with one attached hydrogen (secondary N) is 2. The zero-order chi connectivity index (χ0) is 28.6. The van der Waals surface area contributed by atoms with E-state index in [0.29, 0.717) is 39.2 Å². The predicted octanol–water partition coefficient (Wildman–Crippen LogP) is 5.05. The lowest BCUT2D eigenvalue weighted by atomic mass is 10.2. The molecule has 1 aliphatic heterocycles. The first-order valence-electron chi connectivity index (χ1n) is 11.8. The van der Waals surface area contributed by atoms with Gasteiger partial charge >= 0.3 is 0 Å². The number of imide groups is 1. The second kappa shape index (κ2) is 13.0. The lowest BCUT2D eigenvalue weighted by molar-refractivity contribution is -0.127. The molecule has 0 bridgehead atoms. The van der Waals surface area contributed by atoms with Gasteiger partial charge in [0.15, 0.2) is 6.61 Å². The number of thioether (sulfide) groups is 1. The van der Waals surface area contributed by atoms with Crippen LogP contribution in [-0.4, -0.2) is 55.2 Å². The Kier molecular flexibility index (Phi) is 9.31. The van der Waals surface area contributed by atoms with Crippen LogP contribution in [0.5, 0.6) is 17.2 Å². The minimum absolute atomic E-state index is 0.176. The molecule has 4 amide bonds. The number of nitrogens with zero attached hydrogens (tertiary/aromatic N) is 1. The van der Waals surface area contributed by atoms with E-state index in [1.54, 1.807) is 66.7 Å². The zero-order valence-corrected chi connectivity index (χ0v) is 23.0. The Morgan fingerprint density at radius 2 is 1.65 bits per heavy atom. The van der Waals surface area contributed by atoms with Crippen LogP contribution in [0.4, 0.5) is 16.2 Å². The fraction of sp³-hybridized carbons (Fsp3) is 0.143. The van der Waals surface area contributed by atoms with Crippen molar-refractivity contribution in [2.75, 3.05) is 38.0 Å². The van der Waals surface area contributed by atoms with Gasteiger partial charge < -0.3 is 24.8 Å². The van der Waals surface area contributed by atoms with E-state index in [2.05, 4.69) is 10.6 Å². The first-order valence-corrected chi connectivity index (χ1v) is 13.0. The van der Waals surface area contributed by atoms with Gasteiger partial charge in [0.05, 0.1) is 29.8 Å². The van der Waals surface area contributed by atoms with Gasteiger partial charge in [0.2, 0.25) is 5.91 Å². The van der Waals surface area contributed by atoms with E-state index in [-0.39, 0.29) is 17.4 Å². The molecule has 1 fully saturated rings. The van der Waals surface area contributed by atoms with Gasteiger partial charge in [-0.25, -0.2) is 0 Å². The van der Waals surface area contributed by atoms with Crippen molar-refractivity contribution in [3.63, 3.8) is 0 Å². The fourth-order valence-electron chi connectivity index (χ4n) is 3.62. The molecule has 206 valence electrons. The van der Waals surface area contributed by atoms with E-state index in [1.807, 2.05) is 0 Å². The smallest absolute Gasteiger partial charge is 0.294 e. The second-order valence-corrected chi connectivity index (χ2v) is 9.67. The standard InChI is InChI=1S/C28H24ClN3O7S/c1-37-22-12-9-18(14-20(22)29)30-25(33)15-32-27(35)24(40-28(32)36)13-17-7-10-19(11-8-17)39-16-26(34)31-21-5-3-4-6-23(21)38-2/h3-14H,15-16H2,1-2H3,(H,30,33)(H,31,34)/b24-13-. The number of benzene rings is 3. The van der Waals surface area contributed by atoms with Crippen molar-refractivity contribution in [3.8, 4) is 17.2 Å². The summed E-state index contributed by atoms with van der Waals surface area (Å²) in [5.74, 6) is -0.0678. The van der Waals surface area contributed by atoms with Gasteiger partial charge in [-0.3, -0.25) is 24.1 Å². The van der Waals surface area contributed by atoms with Gasteiger partial charge in [-0.05, 0) is 65.9 Å². The number of carbonyl (C=O) groups excluding carboxylic acids is 4. The number of hydrogen-bond acceptors (Lipinski definition) is 8. The lowest BCUT2D eigenvalue weighted by Gasteiger charge is -2.13. The largest absolute Gasteiger partial charge is 0.495 e. The zero-order valence-electron chi connectivity index (χ0n) is 21.4. The number of amides is 4. The SMILES string of the molecule is COc1ccc(NC(=O)CN2C(=O)S/C(=C\c3ccc(OCC(=O)Nc4ccccc4OC)cc3)C2=O)cc1Cl. The molecule has 0 aliphatic carbocycles. The summed E-state index contributed by atoms with van der Waals surface area (Å²) >= 11 is 6.81. The number of ether oxygens (including phenoxy) is 3. The Morgan fingerprint density at radius 3 is 2.35 bits per heavy atom. The lowest BCUT2D eigenvalue weighted by Crippen LogP contribution is -2.36. The van der Waals surface area contributed by atoms with E-state index in [0.717, 1.165) is 16.7 Å². The first kappa shape index (κ1) is 28.5. The third-order valence-corrected chi connectivity index (χ3v) is 6.74. The third-order valence-electron chi connectivity index (χ3n) is 5.54. The maximum atomic E-state index is 12.8. The van der Waals surface area contributed by atoms with Crippen LogP contribution in [0.3, 0.4) is 0 Å². The molecular weight excluding hydrogens is 558 g/mol. The summed E-state index contributed by atoms with van der Waals surface area (Å²) in [6.45, 7) is -0.670. The summed E-state index contributed by atoms with van der Waals surface area (Å²) in [5, 5.41) is 5.09. The number of para-hydroxylation sites is 2. The van der Waals surface area contributed by atoms with E-state index >= 15 is 0 Å². The molecule has 10 nitrogen and oxygen atoms in total. The van der Waals surface area contributed by atoms with Crippen molar-refractivity contribution < 1.29 is 33.4 Å². The Balaban J connectivity index is 1.31. The maximum absolute atomic E-state index is 12.8. The number of anilines is 2. The highest BCUT2D eigenvalue weighted by Crippen LogP contribution is 2.33. The Labute approximate surface area is 239 Å². The number of hydrogen-bond donors (Lipinski definition) is 2. The third kappa shape index (κ3) is 7.13. The second-order valence-electron chi connectivity index (χ2n) is 8.27. The minimum Gasteiger partial charge on any atom is -0.495 e. The van der Waals surface area contributed by atoms with Gasteiger partial charge in [0, 0.05) is 5.69 Å². The van der Waals surface area contributed by atoms with Crippen molar-refractivity contribution in [1.29, 1.82) is 0 Å². The highest BCUT2D eigenvalue weighted by atomic mass is 35.5. The average Bonchev–Trinajstić information content (AvgIpc) is 3.20. The van der Waals surface area contributed by atoms with Crippen LogP contribution in [0, 0.1) is 0 Å². The van der Waals surface area contributed by atoms with Crippen LogP contribution in [0.15, 0.2) is 71.6 Å². The van der Waals surface area contributed by atoms with Crippen LogP contribution >= 0.6 is 23.4 Å². The van der Waals surface area contributed by atoms with Crippen LogP contribution in [0.2, 0.25) is 5.02 Å². The number of halogens is 1. The van der Waals surface area contributed by atoms with Crippen molar-refractivity contribution in [2.45, 2.75) is 0 Å². The normalized spacial score (nSPS) is 13.8. The summed E-state index contributed by atoms with van der Waals surface area (Å²) in [7, 11) is 2.99. The van der Waals surface area contributed by atoms with Crippen LogP contribution in [0.25, 0.3) is 6.08 Å². The molecule has 3 aromatic carbocycles. The molecule has 0 saturated carbocycles. The highest BCUT2D eigenvalue weighted by Gasteiger charge is 2.36. The molecule has 40 heavy (non-hydrogen) atoms. The average molecular weight is 582 g/mol. The maximum Gasteiger partial charge on any atom is 0.294 e. The molecule has 3 aromatic rings.